The summed E-state index contributed by atoms with van der Waals surface area (Å²) in [5.74, 6) is -2.48. The third-order valence-corrected chi connectivity index (χ3v) is 5.00. The standard InChI is InChI=1S/C23H43NO4.Zn/c1-2-3-4-5-6-7-8-9-10-11-12-13-14-15-16-17-20-24-21(23(27)28)18-19-22(25)26;/h9-10,21,24H,2-8,11-20H2,1H3,(H,25,26)(H,27,28);/q;+2/p-2/t21-;/m0./s1. The SMILES string of the molecule is CCCCCCCCC=CCCCCCCCCN[C@@H](CCC(=O)[O-])C(=O)[O-].[Zn+2]. The molecule has 0 aromatic heterocycles. The van der Waals surface area contributed by atoms with Gasteiger partial charge in [0, 0.05) is 12.0 Å². The van der Waals surface area contributed by atoms with Crippen LogP contribution in [-0.2, 0) is 29.1 Å². The molecule has 0 radical (unpaired) electrons. The van der Waals surface area contributed by atoms with E-state index < -0.39 is 18.0 Å². The van der Waals surface area contributed by atoms with Crippen molar-refractivity contribution in [2.75, 3.05) is 6.54 Å². The van der Waals surface area contributed by atoms with Crippen LogP contribution in [0, 0.1) is 0 Å². The summed E-state index contributed by atoms with van der Waals surface area (Å²) in [6, 6.07) is -0.902. The molecule has 0 rings (SSSR count). The van der Waals surface area contributed by atoms with E-state index in [1.54, 1.807) is 0 Å². The van der Waals surface area contributed by atoms with Gasteiger partial charge in [0.25, 0.3) is 0 Å². The summed E-state index contributed by atoms with van der Waals surface area (Å²) < 4.78 is 0. The summed E-state index contributed by atoms with van der Waals surface area (Å²) in [5.41, 5.74) is 0. The Hall–Kier alpha value is -0.737. The first-order chi connectivity index (χ1) is 13.6. The molecule has 0 unspecified atom stereocenters. The molecular formula is C23H41NO4Zn. The van der Waals surface area contributed by atoms with Gasteiger partial charge in [-0.25, -0.2) is 0 Å². The van der Waals surface area contributed by atoms with Crippen LogP contribution in [0.1, 0.15) is 110 Å². The Labute approximate surface area is 190 Å². The fourth-order valence-electron chi connectivity index (χ4n) is 3.21. The van der Waals surface area contributed by atoms with Gasteiger partial charge in [-0.2, -0.15) is 0 Å². The maximum atomic E-state index is 10.9. The molecule has 0 saturated carbocycles. The van der Waals surface area contributed by atoms with Crippen molar-refractivity contribution in [1.82, 2.24) is 5.32 Å². The van der Waals surface area contributed by atoms with Gasteiger partial charge in [-0.15, -0.1) is 0 Å². The molecular weight excluding hydrogens is 420 g/mol. The first kappa shape index (κ1) is 30.5. The number of unbranched alkanes of at least 4 members (excludes halogenated alkanes) is 12. The number of carboxylic acid groups (broad SMARTS) is 2. The fraction of sp³-hybridized carbons (Fsp3) is 0.826. The Balaban J connectivity index is 0. The molecule has 5 nitrogen and oxygen atoms in total. The summed E-state index contributed by atoms with van der Waals surface area (Å²) in [6.07, 6.45) is 21.7. The Morgan fingerprint density at radius 2 is 1.28 bits per heavy atom. The average Bonchev–Trinajstić information content (AvgIpc) is 2.66. The minimum atomic E-state index is -1.24. The molecule has 0 aromatic rings. The van der Waals surface area contributed by atoms with Crippen molar-refractivity contribution in [3.63, 3.8) is 0 Å². The van der Waals surface area contributed by atoms with Crippen LogP contribution in [0.4, 0.5) is 0 Å². The van der Waals surface area contributed by atoms with Gasteiger partial charge in [-0.05, 0) is 51.5 Å². The van der Waals surface area contributed by atoms with Gasteiger partial charge in [-0.3, -0.25) is 0 Å². The molecule has 1 N–H and O–H groups in total. The number of aliphatic carboxylic acids is 2. The molecule has 0 bridgehead atoms. The molecule has 0 amide bonds. The van der Waals surface area contributed by atoms with Gasteiger partial charge in [0.2, 0.25) is 0 Å². The van der Waals surface area contributed by atoms with Gasteiger partial charge >= 0.3 is 19.5 Å². The number of carbonyl (C=O) groups is 2. The molecule has 0 aromatic carbocycles. The van der Waals surface area contributed by atoms with Crippen molar-refractivity contribution in [3.8, 4) is 0 Å². The number of allylic oxidation sites excluding steroid dienone is 2. The first-order valence-corrected chi connectivity index (χ1v) is 11.4. The van der Waals surface area contributed by atoms with Crippen molar-refractivity contribution in [1.29, 1.82) is 0 Å². The van der Waals surface area contributed by atoms with E-state index >= 15 is 0 Å². The van der Waals surface area contributed by atoms with E-state index in [0.29, 0.717) is 6.54 Å². The zero-order valence-electron chi connectivity index (χ0n) is 18.6. The van der Waals surface area contributed by atoms with Gasteiger partial charge in [0.15, 0.2) is 0 Å². The van der Waals surface area contributed by atoms with Gasteiger partial charge in [0.05, 0.1) is 5.97 Å². The van der Waals surface area contributed by atoms with E-state index in [1.165, 1.54) is 70.6 Å². The maximum absolute atomic E-state index is 10.9. The summed E-state index contributed by atoms with van der Waals surface area (Å²) in [4.78, 5) is 21.3. The number of hydrogen-bond donors (Lipinski definition) is 1. The van der Waals surface area contributed by atoms with Gasteiger partial charge in [0.1, 0.15) is 0 Å². The number of carboxylic acids is 2. The maximum Gasteiger partial charge on any atom is 2.00 e. The molecule has 1 atom stereocenters. The minimum absolute atomic E-state index is 0. The van der Waals surface area contributed by atoms with Crippen molar-refractivity contribution < 1.29 is 39.3 Å². The van der Waals surface area contributed by atoms with Crippen molar-refractivity contribution in [2.45, 2.75) is 116 Å². The van der Waals surface area contributed by atoms with E-state index in [1.807, 2.05) is 0 Å². The fourth-order valence-corrected chi connectivity index (χ4v) is 3.21. The van der Waals surface area contributed by atoms with Crippen LogP contribution in [0.3, 0.4) is 0 Å². The monoisotopic (exact) mass is 459 g/mol. The predicted molar refractivity (Wildman–Crippen MR) is 110 cm³/mol. The van der Waals surface area contributed by atoms with Crippen LogP contribution >= 0.6 is 0 Å². The second-order valence-corrected chi connectivity index (χ2v) is 7.67. The van der Waals surface area contributed by atoms with Crippen molar-refractivity contribution in [2.24, 2.45) is 0 Å². The van der Waals surface area contributed by atoms with Crippen molar-refractivity contribution >= 4 is 11.9 Å². The molecule has 0 saturated heterocycles. The van der Waals surface area contributed by atoms with E-state index in [9.17, 15) is 19.8 Å². The van der Waals surface area contributed by atoms with Crippen LogP contribution in [0.5, 0.6) is 0 Å². The second kappa shape index (κ2) is 23.5. The quantitative estimate of drug-likeness (QED) is 0.161. The summed E-state index contributed by atoms with van der Waals surface area (Å²) in [6.45, 7) is 2.83. The first-order valence-electron chi connectivity index (χ1n) is 11.4. The molecule has 29 heavy (non-hydrogen) atoms. The van der Waals surface area contributed by atoms with E-state index in [2.05, 4.69) is 24.4 Å². The molecule has 0 aliphatic rings. The van der Waals surface area contributed by atoms with Crippen LogP contribution in [-0.4, -0.2) is 24.5 Å². The number of hydrogen-bond acceptors (Lipinski definition) is 5. The molecule has 0 aliphatic heterocycles. The van der Waals surface area contributed by atoms with Crippen LogP contribution in [0.15, 0.2) is 12.2 Å². The van der Waals surface area contributed by atoms with Crippen molar-refractivity contribution in [3.05, 3.63) is 12.2 Å². The Kier molecular flexibility index (Phi) is 24.7. The Morgan fingerprint density at radius 3 is 1.76 bits per heavy atom. The van der Waals surface area contributed by atoms with E-state index in [-0.39, 0.29) is 32.3 Å². The second-order valence-electron chi connectivity index (χ2n) is 7.67. The van der Waals surface area contributed by atoms with Crippen LogP contribution in [0.25, 0.3) is 0 Å². The average molecular weight is 461 g/mol. The minimum Gasteiger partial charge on any atom is -0.550 e. The van der Waals surface area contributed by atoms with E-state index in [0.717, 1.165) is 19.3 Å². The topological polar surface area (TPSA) is 92.3 Å². The Bertz CT molecular complexity index is 416. The summed E-state index contributed by atoms with van der Waals surface area (Å²) in [5, 5.41) is 24.2. The normalized spacial score (nSPS) is 12.0. The molecule has 0 spiro atoms. The summed E-state index contributed by atoms with van der Waals surface area (Å²) in [7, 11) is 0. The number of nitrogens with one attached hydrogen (secondary N) is 1. The van der Waals surface area contributed by atoms with Gasteiger partial charge in [-0.1, -0.05) is 76.9 Å². The molecule has 164 valence electrons. The molecule has 0 fully saturated rings. The molecule has 6 heteroatoms. The van der Waals surface area contributed by atoms with Crippen LogP contribution in [0.2, 0.25) is 0 Å². The smallest absolute Gasteiger partial charge is 0.550 e. The number of carbonyl (C=O) groups excluding carboxylic acids is 2. The van der Waals surface area contributed by atoms with Crippen LogP contribution < -0.4 is 15.5 Å². The van der Waals surface area contributed by atoms with E-state index in [4.69, 9.17) is 0 Å². The molecule has 0 aliphatic carbocycles. The summed E-state index contributed by atoms with van der Waals surface area (Å²) >= 11 is 0. The number of rotatable bonds is 21. The predicted octanol–water partition coefficient (Wildman–Crippen LogP) is 3.26. The molecule has 0 heterocycles. The third-order valence-electron chi connectivity index (χ3n) is 5.00. The zero-order valence-corrected chi connectivity index (χ0v) is 21.6. The zero-order chi connectivity index (χ0) is 20.9. The Morgan fingerprint density at radius 1 is 0.793 bits per heavy atom. The largest absolute Gasteiger partial charge is 2.00 e. The van der Waals surface area contributed by atoms with Gasteiger partial charge < -0.3 is 25.1 Å². The third kappa shape index (κ3) is 23.4.